The zero-order chi connectivity index (χ0) is 20.1. The molecule has 0 aliphatic rings. The number of aryl methyl sites for hydroxylation is 3. The molecule has 0 radical (unpaired) electrons. The van der Waals surface area contributed by atoms with Gasteiger partial charge in [0, 0.05) is 51.2 Å². The van der Waals surface area contributed by atoms with Gasteiger partial charge in [0.05, 0.1) is 17.9 Å². The largest absolute Gasteiger partial charge is 0.354 e. The van der Waals surface area contributed by atoms with Gasteiger partial charge in [-0.1, -0.05) is 0 Å². The van der Waals surface area contributed by atoms with Crippen LogP contribution in [0.25, 0.3) is 0 Å². The van der Waals surface area contributed by atoms with Gasteiger partial charge in [-0.2, -0.15) is 10.2 Å². The molecule has 0 saturated carbocycles. The van der Waals surface area contributed by atoms with Gasteiger partial charge in [0.1, 0.15) is 0 Å². The molecule has 8 nitrogen and oxygen atoms in total. The molecule has 2 aromatic heterocycles. The predicted molar refractivity (Wildman–Crippen MR) is 110 cm³/mol. The highest BCUT2D eigenvalue weighted by Gasteiger charge is 2.18. The summed E-state index contributed by atoms with van der Waals surface area (Å²) in [6.45, 7) is 7.10. The third kappa shape index (κ3) is 5.32. The van der Waals surface area contributed by atoms with Gasteiger partial charge in [-0.15, -0.1) is 0 Å². The number of nitrogens with zero attached hydrogens (tertiary/aromatic N) is 6. The van der Waals surface area contributed by atoms with Crippen molar-refractivity contribution in [2.45, 2.75) is 39.3 Å². The average Bonchev–Trinajstić information content (AvgIpc) is 3.12. The molecular formula is C19H34N8. The SMILES string of the molecule is CN=C(NCC(c1cnn(C)c1)N(C)C)NC(C)Cc1c(C)nn(C)c1C. The summed E-state index contributed by atoms with van der Waals surface area (Å²) in [5.74, 6) is 0.803. The van der Waals surface area contributed by atoms with E-state index in [1.54, 1.807) is 7.05 Å². The molecule has 8 heteroatoms. The Balaban J connectivity index is 1.96. The Morgan fingerprint density at radius 2 is 2.00 bits per heavy atom. The van der Waals surface area contributed by atoms with Crippen LogP contribution < -0.4 is 10.6 Å². The minimum absolute atomic E-state index is 0.218. The van der Waals surface area contributed by atoms with Gasteiger partial charge in [0.25, 0.3) is 0 Å². The Morgan fingerprint density at radius 3 is 2.48 bits per heavy atom. The molecule has 27 heavy (non-hydrogen) atoms. The molecule has 0 aromatic carbocycles. The Morgan fingerprint density at radius 1 is 1.30 bits per heavy atom. The lowest BCUT2D eigenvalue weighted by Gasteiger charge is -2.25. The lowest BCUT2D eigenvalue weighted by molar-refractivity contribution is 0.298. The lowest BCUT2D eigenvalue weighted by atomic mass is 10.1. The Hall–Kier alpha value is -2.35. The second-order valence-electron chi connectivity index (χ2n) is 7.40. The summed E-state index contributed by atoms with van der Waals surface area (Å²) >= 11 is 0. The van der Waals surface area contributed by atoms with Crippen LogP contribution in [-0.2, 0) is 20.5 Å². The summed E-state index contributed by atoms with van der Waals surface area (Å²) in [5.41, 5.74) is 4.79. The van der Waals surface area contributed by atoms with E-state index in [9.17, 15) is 0 Å². The number of rotatable bonds is 7. The molecule has 2 heterocycles. The van der Waals surface area contributed by atoms with E-state index in [0.717, 1.165) is 24.6 Å². The van der Waals surface area contributed by atoms with Crippen molar-refractivity contribution in [2.24, 2.45) is 19.1 Å². The van der Waals surface area contributed by atoms with Gasteiger partial charge in [-0.05, 0) is 46.9 Å². The number of guanidine groups is 1. The third-order valence-corrected chi connectivity index (χ3v) is 4.97. The molecule has 0 fully saturated rings. The fraction of sp³-hybridized carbons (Fsp3) is 0.632. The van der Waals surface area contributed by atoms with E-state index >= 15 is 0 Å². The number of likely N-dealkylation sites (N-methyl/N-ethyl adjacent to an activating group) is 1. The first-order valence-corrected chi connectivity index (χ1v) is 9.34. The summed E-state index contributed by atoms with van der Waals surface area (Å²) in [7, 11) is 9.88. The smallest absolute Gasteiger partial charge is 0.191 e. The highest BCUT2D eigenvalue weighted by Crippen LogP contribution is 2.16. The van der Waals surface area contributed by atoms with E-state index in [1.165, 1.54) is 16.8 Å². The molecule has 0 bridgehead atoms. The second kappa shape index (κ2) is 9.03. The molecule has 0 saturated heterocycles. The van der Waals surface area contributed by atoms with Crippen molar-refractivity contribution in [1.82, 2.24) is 35.1 Å². The third-order valence-electron chi connectivity index (χ3n) is 4.97. The highest BCUT2D eigenvalue weighted by atomic mass is 15.3. The van der Waals surface area contributed by atoms with E-state index < -0.39 is 0 Å². The average molecular weight is 375 g/mol. The molecule has 0 aliphatic heterocycles. The number of nitrogens with one attached hydrogen (secondary N) is 2. The van der Waals surface area contributed by atoms with Gasteiger partial charge in [0.15, 0.2) is 5.96 Å². The van der Waals surface area contributed by atoms with Gasteiger partial charge in [-0.3, -0.25) is 14.4 Å². The lowest BCUT2D eigenvalue weighted by Crippen LogP contribution is -2.45. The monoisotopic (exact) mass is 374 g/mol. The van der Waals surface area contributed by atoms with Crippen LogP contribution in [0, 0.1) is 13.8 Å². The van der Waals surface area contributed by atoms with Crippen LogP contribution in [0.15, 0.2) is 17.4 Å². The van der Waals surface area contributed by atoms with Crippen LogP contribution in [0.4, 0.5) is 0 Å². The van der Waals surface area contributed by atoms with Crippen molar-refractivity contribution in [1.29, 1.82) is 0 Å². The zero-order valence-corrected chi connectivity index (χ0v) is 17.9. The Kier molecular flexibility index (Phi) is 7.01. The fourth-order valence-corrected chi connectivity index (χ4v) is 3.30. The van der Waals surface area contributed by atoms with E-state index in [0.29, 0.717) is 0 Å². The van der Waals surface area contributed by atoms with Crippen LogP contribution in [0.3, 0.4) is 0 Å². The van der Waals surface area contributed by atoms with Crippen LogP contribution in [-0.4, -0.2) is 64.2 Å². The van der Waals surface area contributed by atoms with Crippen LogP contribution >= 0.6 is 0 Å². The maximum Gasteiger partial charge on any atom is 0.191 e. The topological polar surface area (TPSA) is 75.3 Å². The number of aliphatic imine (C=N–C) groups is 1. The summed E-state index contributed by atoms with van der Waals surface area (Å²) in [6.07, 6.45) is 4.88. The standard InChI is InChI=1S/C19H34N8/c1-13(9-17-14(2)24-27(8)15(17)3)23-19(20-4)21-11-18(25(5)6)16-10-22-26(7)12-16/h10,12-13,18H,9,11H2,1-8H3,(H2,20,21,23). The second-order valence-corrected chi connectivity index (χ2v) is 7.40. The molecule has 0 aliphatic carbocycles. The van der Waals surface area contributed by atoms with Crippen molar-refractivity contribution < 1.29 is 0 Å². The maximum atomic E-state index is 4.51. The van der Waals surface area contributed by atoms with Crippen molar-refractivity contribution >= 4 is 5.96 Å². The molecule has 2 N–H and O–H groups in total. The minimum atomic E-state index is 0.218. The van der Waals surface area contributed by atoms with Gasteiger partial charge >= 0.3 is 0 Å². The molecule has 150 valence electrons. The Bertz CT molecular complexity index is 771. The molecule has 2 rings (SSSR count). The first-order valence-electron chi connectivity index (χ1n) is 9.34. The summed E-state index contributed by atoms with van der Waals surface area (Å²) < 4.78 is 3.78. The molecular weight excluding hydrogens is 340 g/mol. The fourth-order valence-electron chi connectivity index (χ4n) is 3.30. The first kappa shape index (κ1) is 21.0. The number of aromatic nitrogens is 4. The van der Waals surface area contributed by atoms with Gasteiger partial charge < -0.3 is 15.5 Å². The van der Waals surface area contributed by atoms with Gasteiger partial charge in [-0.25, -0.2) is 0 Å². The van der Waals surface area contributed by atoms with Crippen LogP contribution in [0.2, 0.25) is 0 Å². The van der Waals surface area contributed by atoms with E-state index in [1.807, 2.05) is 29.7 Å². The molecule has 0 amide bonds. The maximum absolute atomic E-state index is 4.51. The number of hydrogen-bond donors (Lipinski definition) is 2. The quantitative estimate of drug-likeness (QED) is 0.562. The van der Waals surface area contributed by atoms with Gasteiger partial charge in [0.2, 0.25) is 0 Å². The van der Waals surface area contributed by atoms with Crippen molar-refractivity contribution in [2.75, 3.05) is 27.7 Å². The van der Waals surface area contributed by atoms with Crippen LogP contribution in [0.1, 0.15) is 35.5 Å². The summed E-state index contributed by atoms with van der Waals surface area (Å²) in [4.78, 5) is 6.57. The highest BCUT2D eigenvalue weighted by molar-refractivity contribution is 5.80. The molecule has 2 aromatic rings. The number of hydrogen-bond acceptors (Lipinski definition) is 4. The zero-order valence-electron chi connectivity index (χ0n) is 17.9. The summed E-state index contributed by atoms with van der Waals surface area (Å²) in [6, 6.07) is 0.462. The summed E-state index contributed by atoms with van der Waals surface area (Å²) in [5, 5.41) is 15.7. The normalized spacial score (nSPS) is 14.5. The molecule has 2 atom stereocenters. The predicted octanol–water partition coefficient (Wildman–Crippen LogP) is 1.17. The van der Waals surface area contributed by atoms with Crippen molar-refractivity contribution in [3.8, 4) is 0 Å². The van der Waals surface area contributed by atoms with Crippen molar-refractivity contribution in [3.05, 3.63) is 34.9 Å². The van der Waals surface area contributed by atoms with Crippen LogP contribution in [0.5, 0.6) is 0 Å². The van der Waals surface area contributed by atoms with E-state index in [2.05, 4.69) is 71.8 Å². The Labute approximate surface area is 162 Å². The van der Waals surface area contributed by atoms with Crippen molar-refractivity contribution in [3.63, 3.8) is 0 Å². The first-order chi connectivity index (χ1) is 12.7. The minimum Gasteiger partial charge on any atom is -0.354 e. The van der Waals surface area contributed by atoms with E-state index in [4.69, 9.17) is 0 Å². The van der Waals surface area contributed by atoms with E-state index in [-0.39, 0.29) is 12.1 Å². The molecule has 2 unspecified atom stereocenters. The molecule has 0 spiro atoms.